The van der Waals surface area contributed by atoms with Crippen LogP contribution < -0.4 is 14.8 Å². The van der Waals surface area contributed by atoms with E-state index in [-0.39, 0.29) is 11.8 Å². The molecule has 0 amide bonds. The molecule has 1 unspecified atom stereocenters. The Morgan fingerprint density at radius 3 is 2.71 bits per heavy atom. The first kappa shape index (κ1) is 19.2. The molecule has 0 spiro atoms. The first-order chi connectivity index (χ1) is 11.6. The van der Waals surface area contributed by atoms with Gasteiger partial charge in [0.25, 0.3) is 0 Å². The Balaban J connectivity index is 1.77. The van der Waals surface area contributed by atoms with E-state index in [0.717, 1.165) is 29.7 Å². The molecule has 1 aromatic carbocycles. The SMILES string of the molecule is CCCCCCCCNS(=O)(=O)CC1NCc2cc(OC)ccc21. The number of benzene rings is 1. The third kappa shape index (κ3) is 5.76. The van der Waals surface area contributed by atoms with Crippen LogP contribution in [0.4, 0.5) is 0 Å². The van der Waals surface area contributed by atoms with Gasteiger partial charge in [-0.3, -0.25) is 0 Å². The number of hydrogen-bond acceptors (Lipinski definition) is 4. The van der Waals surface area contributed by atoms with Crippen LogP contribution in [-0.4, -0.2) is 27.8 Å². The summed E-state index contributed by atoms with van der Waals surface area (Å²) >= 11 is 0. The van der Waals surface area contributed by atoms with Gasteiger partial charge in [0.1, 0.15) is 5.75 Å². The van der Waals surface area contributed by atoms with Gasteiger partial charge in [-0.15, -0.1) is 0 Å². The Hall–Kier alpha value is -1.11. The largest absolute Gasteiger partial charge is 0.497 e. The summed E-state index contributed by atoms with van der Waals surface area (Å²) in [6, 6.07) is 5.67. The van der Waals surface area contributed by atoms with Crippen molar-refractivity contribution in [1.82, 2.24) is 10.0 Å². The average Bonchev–Trinajstić information content (AvgIpc) is 2.95. The van der Waals surface area contributed by atoms with Crippen LogP contribution in [0.25, 0.3) is 0 Å². The maximum absolute atomic E-state index is 12.3. The molecule has 136 valence electrons. The standard InChI is InChI=1S/C18H30N2O3S/c1-3-4-5-6-7-8-11-20-24(21,22)14-18-17-10-9-16(23-2)12-15(17)13-19-18/h9-10,12,18-20H,3-8,11,13-14H2,1-2H3. The van der Waals surface area contributed by atoms with E-state index in [4.69, 9.17) is 4.74 Å². The second-order valence-corrected chi connectivity index (χ2v) is 8.29. The van der Waals surface area contributed by atoms with Crippen molar-refractivity contribution < 1.29 is 13.2 Å². The van der Waals surface area contributed by atoms with Crippen LogP contribution in [-0.2, 0) is 16.6 Å². The van der Waals surface area contributed by atoms with Crippen LogP contribution in [0.2, 0.25) is 0 Å². The molecule has 0 saturated heterocycles. The molecule has 5 nitrogen and oxygen atoms in total. The third-order valence-electron chi connectivity index (χ3n) is 4.50. The maximum Gasteiger partial charge on any atom is 0.213 e. The molecule has 1 aliphatic rings. The fourth-order valence-corrected chi connectivity index (χ4v) is 4.41. The van der Waals surface area contributed by atoms with E-state index in [9.17, 15) is 8.42 Å². The molecule has 1 aliphatic heterocycles. The van der Waals surface area contributed by atoms with E-state index in [0.29, 0.717) is 13.1 Å². The molecule has 0 bridgehead atoms. The minimum absolute atomic E-state index is 0.0855. The summed E-state index contributed by atoms with van der Waals surface area (Å²) in [5, 5.41) is 3.28. The molecular formula is C18H30N2O3S. The van der Waals surface area contributed by atoms with Gasteiger partial charge in [0.05, 0.1) is 12.9 Å². The first-order valence-corrected chi connectivity index (χ1v) is 10.6. The van der Waals surface area contributed by atoms with Gasteiger partial charge in [-0.25, -0.2) is 13.1 Å². The summed E-state index contributed by atoms with van der Waals surface area (Å²) in [4.78, 5) is 0. The lowest BCUT2D eigenvalue weighted by atomic mass is 10.1. The van der Waals surface area contributed by atoms with E-state index in [2.05, 4.69) is 17.0 Å². The lowest BCUT2D eigenvalue weighted by Crippen LogP contribution is -2.32. The normalized spacial score (nSPS) is 17.0. The maximum atomic E-state index is 12.3. The van der Waals surface area contributed by atoms with E-state index in [1.807, 2.05) is 18.2 Å². The molecule has 6 heteroatoms. The van der Waals surface area contributed by atoms with Crippen molar-refractivity contribution in [3.63, 3.8) is 0 Å². The molecule has 0 radical (unpaired) electrons. The zero-order valence-corrected chi connectivity index (χ0v) is 15.6. The van der Waals surface area contributed by atoms with Crippen molar-refractivity contribution >= 4 is 10.0 Å². The van der Waals surface area contributed by atoms with Gasteiger partial charge in [0.15, 0.2) is 0 Å². The van der Waals surface area contributed by atoms with Crippen LogP contribution >= 0.6 is 0 Å². The zero-order chi connectivity index (χ0) is 17.4. The van der Waals surface area contributed by atoms with Crippen molar-refractivity contribution in [3.05, 3.63) is 29.3 Å². The Morgan fingerprint density at radius 2 is 1.96 bits per heavy atom. The highest BCUT2D eigenvalue weighted by Gasteiger charge is 2.27. The third-order valence-corrected chi connectivity index (χ3v) is 5.92. The molecule has 2 rings (SSSR count). The zero-order valence-electron chi connectivity index (χ0n) is 14.8. The smallest absolute Gasteiger partial charge is 0.213 e. The Kier molecular flexibility index (Phi) is 7.52. The lowest BCUT2D eigenvalue weighted by molar-refractivity contribution is 0.414. The highest BCUT2D eigenvalue weighted by atomic mass is 32.2. The summed E-state index contributed by atoms with van der Waals surface area (Å²) in [6.07, 6.45) is 6.93. The van der Waals surface area contributed by atoms with Crippen LogP contribution in [0, 0.1) is 0 Å². The van der Waals surface area contributed by atoms with E-state index >= 15 is 0 Å². The fraction of sp³-hybridized carbons (Fsp3) is 0.667. The molecule has 0 fully saturated rings. The van der Waals surface area contributed by atoms with Crippen molar-refractivity contribution in [2.24, 2.45) is 0 Å². The number of methoxy groups -OCH3 is 1. The summed E-state index contributed by atoms with van der Waals surface area (Å²) in [6.45, 7) is 3.42. The summed E-state index contributed by atoms with van der Waals surface area (Å²) in [5.41, 5.74) is 2.17. The molecule has 1 aromatic rings. The summed E-state index contributed by atoms with van der Waals surface area (Å²) < 4.78 is 32.5. The monoisotopic (exact) mass is 354 g/mol. The van der Waals surface area contributed by atoms with E-state index in [1.54, 1.807) is 7.11 Å². The van der Waals surface area contributed by atoms with Gasteiger partial charge in [0, 0.05) is 19.1 Å². The Bertz CT molecular complexity index is 617. The van der Waals surface area contributed by atoms with Crippen LogP contribution in [0.5, 0.6) is 5.75 Å². The van der Waals surface area contributed by atoms with Crippen molar-refractivity contribution in [2.45, 2.75) is 58.0 Å². The molecular weight excluding hydrogens is 324 g/mol. The van der Waals surface area contributed by atoms with E-state index < -0.39 is 10.0 Å². The first-order valence-electron chi connectivity index (χ1n) is 8.93. The number of rotatable bonds is 11. The molecule has 0 aliphatic carbocycles. The van der Waals surface area contributed by atoms with Gasteiger partial charge in [0.2, 0.25) is 10.0 Å². The van der Waals surface area contributed by atoms with Gasteiger partial charge >= 0.3 is 0 Å². The molecule has 1 heterocycles. The predicted molar refractivity (Wildman–Crippen MR) is 97.7 cm³/mol. The molecule has 24 heavy (non-hydrogen) atoms. The number of nitrogens with one attached hydrogen (secondary N) is 2. The summed E-state index contributed by atoms with van der Waals surface area (Å²) in [5.74, 6) is 0.891. The van der Waals surface area contributed by atoms with Crippen molar-refractivity contribution in [2.75, 3.05) is 19.4 Å². The van der Waals surface area contributed by atoms with E-state index in [1.165, 1.54) is 25.7 Å². The van der Waals surface area contributed by atoms with Crippen LogP contribution in [0.3, 0.4) is 0 Å². The Morgan fingerprint density at radius 1 is 1.21 bits per heavy atom. The summed E-state index contributed by atoms with van der Waals surface area (Å²) in [7, 11) is -1.63. The number of ether oxygens (including phenoxy) is 1. The molecule has 0 aromatic heterocycles. The van der Waals surface area contributed by atoms with Gasteiger partial charge < -0.3 is 10.1 Å². The highest BCUT2D eigenvalue weighted by molar-refractivity contribution is 7.89. The average molecular weight is 355 g/mol. The topological polar surface area (TPSA) is 67.4 Å². The quantitative estimate of drug-likeness (QED) is 0.599. The number of sulfonamides is 1. The second-order valence-electron chi connectivity index (χ2n) is 6.44. The minimum atomic E-state index is -3.26. The number of hydrogen-bond donors (Lipinski definition) is 2. The number of unbranched alkanes of at least 4 members (excludes halogenated alkanes) is 5. The van der Waals surface area contributed by atoms with Gasteiger partial charge in [-0.2, -0.15) is 0 Å². The highest BCUT2D eigenvalue weighted by Crippen LogP contribution is 2.29. The van der Waals surface area contributed by atoms with Gasteiger partial charge in [-0.05, 0) is 29.7 Å². The molecule has 2 N–H and O–H groups in total. The van der Waals surface area contributed by atoms with Crippen molar-refractivity contribution in [1.29, 1.82) is 0 Å². The molecule has 1 atom stereocenters. The van der Waals surface area contributed by atoms with Crippen LogP contribution in [0.15, 0.2) is 18.2 Å². The fourth-order valence-electron chi connectivity index (χ4n) is 3.11. The Labute approximate surface area is 146 Å². The second kappa shape index (κ2) is 9.39. The number of fused-ring (bicyclic) bond motifs is 1. The minimum Gasteiger partial charge on any atom is -0.497 e. The van der Waals surface area contributed by atoms with Crippen molar-refractivity contribution in [3.8, 4) is 5.75 Å². The molecule has 0 saturated carbocycles. The van der Waals surface area contributed by atoms with Crippen LogP contribution in [0.1, 0.15) is 62.6 Å². The predicted octanol–water partition coefficient (Wildman–Crippen LogP) is 3.12. The lowest BCUT2D eigenvalue weighted by Gasteiger charge is -2.14. The van der Waals surface area contributed by atoms with Gasteiger partial charge in [-0.1, -0.05) is 45.1 Å².